The summed E-state index contributed by atoms with van der Waals surface area (Å²) in [6.07, 6.45) is 0. The zero-order valence-corrected chi connectivity index (χ0v) is 12.7. The minimum absolute atomic E-state index is 0.442. The molecule has 100 valence electrons. The molecule has 1 aromatic heterocycles. The second-order valence-electron chi connectivity index (χ2n) is 4.51. The van der Waals surface area contributed by atoms with Crippen molar-refractivity contribution in [2.45, 2.75) is 12.6 Å². The molecule has 1 aliphatic heterocycles. The fourth-order valence-electron chi connectivity index (χ4n) is 2.28. The zero-order valence-electron chi connectivity index (χ0n) is 10.3. The first-order valence-electron chi connectivity index (χ1n) is 6.16. The summed E-state index contributed by atoms with van der Waals surface area (Å²) in [6.45, 7) is 1.97. The van der Waals surface area contributed by atoms with E-state index in [1.807, 2.05) is 29.3 Å². The highest BCUT2D eigenvalue weighted by molar-refractivity contribution is 7.99. The van der Waals surface area contributed by atoms with Crippen LogP contribution in [-0.4, -0.2) is 32.5 Å². The first-order valence-corrected chi connectivity index (χ1v) is 8.53. The monoisotopic (exact) mass is 311 g/mol. The number of thioether (sulfide) groups is 1. The van der Waals surface area contributed by atoms with Gasteiger partial charge in [0.15, 0.2) is 0 Å². The number of rotatable bonds is 3. The van der Waals surface area contributed by atoms with Gasteiger partial charge in [-0.3, -0.25) is 4.90 Å². The van der Waals surface area contributed by atoms with Crippen LogP contribution in [0.4, 0.5) is 0 Å². The maximum atomic E-state index is 5.97. The van der Waals surface area contributed by atoms with Gasteiger partial charge < -0.3 is 0 Å². The standard InChI is InChI=1S/C13H14ClN3S2/c14-11-3-1-10(2-4-11)13-9-18-6-5-17(13)7-12-8-19-16-15-12/h1-4,8,13H,5-7,9H2/t13-/m0/s1. The summed E-state index contributed by atoms with van der Waals surface area (Å²) < 4.78 is 3.94. The van der Waals surface area contributed by atoms with Gasteiger partial charge in [-0.15, -0.1) is 5.10 Å². The molecule has 2 heterocycles. The van der Waals surface area contributed by atoms with Crippen LogP contribution in [0.15, 0.2) is 29.6 Å². The van der Waals surface area contributed by atoms with Crippen LogP contribution in [0, 0.1) is 0 Å². The van der Waals surface area contributed by atoms with E-state index in [9.17, 15) is 0 Å². The van der Waals surface area contributed by atoms with Crippen LogP contribution in [0.5, 0.6) is 0 Å². The van der Waals surface area contributed by atoms with Gasteiger partial charge in [-0.2, -0.15) is 11.8 Å². The predicted molar refractivity (Wildman–Crippen MR) is 81.8 cm³/mol. The van der Waals surface area contributed by atoms with E-state index in [1.54, 1.807) is 0 Å². The smallest absolute Gasteiger partial charge is 0.0895 e. The van der Waals surface area contributed by atoms with Crippen molar-refractivity contribution in [3.05, 3.63) is 45.9 Å². The van der Waals surface area contributed by atoms with Crippen molar-refractivity contribution >= 4 is 34.9 Å². The average molecular weight is 312 g/mol. The second kappa shape index (κ2) is 6.22. The first kappa shape index (κ1) is 13.4. The molecule has 0 saturated carbocycles. The van der Waals surface area contributed by atoms with E-state index in [0.717, 1.165) is 29.6 Å². The Labute approximate surface area is 126 Å². The molecule has 6 heteroatoms. The lowest BCUT2D eigenvalue weighted by Crippen LogP contribution is -2.35. The van der Waals surface area contributed by atoms with Crippen molar-refractivity contribution in [2.75, 3.05) is 18.1 Å². The Morgan fingerprint density at radius 1 is 1.32 bits per heavy atom. The molecule has 0 bridgehead atoms. The lowest BCUT2D eigenvalue weighted by atomic mass is 10.1. The van der Waals surface area contributed by atoms with E-state index in [2.05, 4.69) is 26.6 Å². The van der Waals surface area contributed by atoms with Gasteiger partial charge in [-0.05, 0) is 29.2 Å². The molecule has 19 heavy (non-hydrogen) atoms. The third-order valence-corrected chi connectivity index (χ3v) is 5.09. The van der Waals surface area contributed by atoms with E-state index >= 15 is 0 Å². The normalized spacial score (nSPS) is 20.6. The number of hydrogen-bond acceptors (Lipinski definition) is 5. The Kier molecular flexibility index (Phi) is 4.38. The van der Waals surface area contributed by atoms with Gasteiger partial charge >= 0.3 is 0 Å². The molecule has 0 unspecified atom stereocenters. The molecular formula is C13H14ClN3S2. The quantitative estimate of drug-likeness (QED) is 0.868. The number of nitrogens with zero attached hydrogens (tertiary/aromatic N) is 3. The highest BCUT2D eigenvalue weighted by atomic mass is 35.5. The molecule has 2 aromatic rings. The van der Waals surface area contributed by atoms with Crippen LogP contribution in [0.2, 0.25) is 5.02 Å². The average Bonchev–Trinajstić information content (AvgIpc) is 2.93. The molecule has 1 aromatic carbocycles. The summed E-state index contributed by atoms with van der Waals surface area (Å²) in [5.41, 5.74) is 2.40. The van der Waals surface area contributed by atoms with Crippen molar-refractivity contribution < 1.29 is 0 Å². The Bertz CT molecular complexity index is 515. The lowest BCUT2D eigenvalue weighted by molar-refractivity contribution is 0.209. The van der Waals surface area contributed by atoms with Crippen LogP contribution >= 0.6 is 34.9 Å². The molecule has 1 fully saturated rings. The van der Waals surface area contributed by atoms with E-state index in [0.29, 0.717) is 6.04 Å². The minimum Gasteiger partial charge on any atom is -0.289 e. The van der Waals surface area contributed by atoms with Gasteiger partial charge in [0.2, 0.25) is 0 Å². The van der Waals surface area contributed by atoms with Crippen LogP contribution in [0.3, 0.4) is 0 Å². The van der Waals surface area contributed by atoms with Gasteiger partial charge in [-0.1, -0.05) is 28.2 Å². The summed E-state index contributed by atoms with van der Waals surface area (Å²) in [6, 6.07) is 8.64. The lowest BCUT2D eigenvalue weighted by Gasteiger charge is -2.35. The third kappa shape index (κ3) is 3.28. The molecule has 0 aliphatic carbocycles. The fourth-order valence-corrected chi connectivity index (χ4v) is 4.01. The van der Waals surface area contributed by atoms with Crippen molar-refractivity contribution in [1.82, 2.24) is 14.5 Å². The van der Waals surface area contributed by atoms with Gasteiger partial charge in [0, 0.05) is 41.0 Å². The highest BCUT2D eigenvalue weighted by Crippen LogP contribution is 2.31. The maximum absolute atomic E-state index is 5.97. The first-order chi connectivity index (χ1) is 9.33. The van der Waals surface area contributed by atoms with E-state index < -0.39 is 0 Å². The summed E-state index contributed by atoms with van der Waals surface area (Å²) in [7, 11) is 0. The Balaban J connectivity index is 1.78. The summed E-state index contributed by atoms with van der Waals surface area (Å²) >= 11 is 9.39. The van der Waals surface area contributed by atoms with Crippen molar-refractivity contribution in [1.29, 1.82) is 0 Å². The molecule has 0 spiro atoms. The number of aromatic nitrogens is 2. The maximum Gasteiger partial charge on any atom is 0.0895 e. The number of halogens is 1. The summed E-state index contributed by atoms with van der Waals surface area (Å²) in [4.78, 5) is 2.48. The number of hydrogen-bond donors (Lipinski definition) is 0. The van der Waals surface area contributed by atoms with Gasteiger partial charge in [-0.25, -0.2) is 0 Å². The molecule has 0 amide bonds. The summed E-state index contributed by atoms with van der Waals surface area (Å²) in [5, 5.41) is 6.97. The third-order valence-electron chi connectivity index (χ3n) is 3.26. The van der Waals surface area contributed by atoms with Crippen LogP contribution in [-0.2, 0) is 6.54 Å². The zero-order chi connectivity index (χ0) is 13.1. The SMILES string of the molecule is Clc1ccc([C@@H]2CSCCN2Cc2csnn2)cc1. The van der Waals surface area contributed by atoms with Gasteiger partial charge in [0.1, 0.15) is 0 Å². The Morgan fingerprint density at radius 3 is 2.89 bits per heavy atom. The molecule has 3 nitrogen and oxygen atoms in total. The highest BCUT2D eigenvalue weighted by Gasteiger charge is 2.24. The molecule has 3 rings (SSSR count). The minimum atomic E-state index is 0.442. The largest absolute Gasteiger partial charge is 0.289 e. The van der Waals surface area contributed by atoms with Gasteiger partial charge in [0.05, 0.1) is 5.69 Å². The fraction of sp³-hybridized carbons (Fsp3) is 0.385. The molecular weight excluding hydrogens is 298 g/mol. The molecule has 1 saturated heterocycles. The van der Waals surface area contributed by atoms with Crippen molar-refractivity contribution in [2.24, 2.45) is 0 Å². The number of benzene rings is 1. The summed E-state index contributed by atoms with van der Waals surface area (Å²) in [5.74, 6) is 2.31. The molecule has 1 aliphatic rings. The van der Waals surface area contributed by atoms with Crippen LogP contribution in [0.1, 0.15) is 17.3 Å². The van der Waals surface area contributed by atoms with Crippen LogP contribution < -0.4 is 0 Å². The van der Waals surface area contributed by atoms with Crippen molar-refractivity contribution in [3.8, 4) is 0 Å². The van der Waals surface area contributed by atoms with Gasteiger partial charge in [0.25, 0.3) is 0 Å². The van der Waals surface area contributed by atoms with Crippen molar-refractivity contribution in [3.63, 3.8) is 0 Å². The predicted octanol–water partition coefficient (Wildman–Crippen LogP) is 3.48. The molecule has 0 N–H and O–H groups in total. The second-order valence-corrected chi connectivity index (χ2v) is 6.71. The Hall–Kier alpha value is -0.620. The topological polar surface area (TPSA) is 29.0 Å². The van der Waals surface area contributed by atoms with E-state index in [1.165, 1.54) is 22.8 Å². The Morgan fingerprint density at radius 2 is 2.16 bits per heavy atom. The van der Waals surface area contributed by atoms with Crippen LogP contribution in [0.25, 0.3) is 0 Å². The molecule has 1 atom stereocenters. The van der Waals surface area contributed by atoms with E-state index in [-0.39, 0.29) is 0 Å². The van der Waals surface area contributed by atoms with E-state index in [4.69, 9.17) is 11.6 Å². The molecule has 0 radical (unpaired) electrons.